The Morgan fingerprint density at radius 1 is 1.43 bits per heavy atom. The smallest absolute Gasteiger partial charge is 0.408 e. The molecule has 0 spiro atoms. The van der Waals surface area contributed by atoms with E-state index in [1.54, 1.807) is 13.2 Å². The number of hydrogen-bond donors (Lipinski definition) is 1. The van der Waals surface area contributed by atoms with Crippen LogP contribution >= 0.6 is 27.5 Å². The third-order valence-electron chi connectivity index (χ3n) is 2.84. The molecule has 1 aromatic rings. The number of alkyl carbamates (subject to hydrolysis) is 1. The van der Waals surface area contributed by atoms with Crippen LogP contribution in [0.4, 0.5) is 4.79 Å². The molecule has 0 bridgehead atoms. The summed E-state index contributed by atoms with van der Waals surface area (Å²) in [6.45, 7) is 9.19. The maximum Gasteiger partial charge on any atom is 0.408 e. The van der Waals surface area contributed by atoms with Crippen molar-refractivity contribution in [2.75, 3.05) is 7.11 Å². The van der Waals surface area contributed by atoms with Gasteiger partial charge in [-0.2, -0.15) is 0 Å². The SMILES string of the molecule is COc1c([C@@H](C)NC(=O)OC(C)(C)C)cc(Cl)c(C)c1Br. The summed E-state index contributed by atoms with van der Waals surface area (Å²) in [6.07, 6.45) is -0.482. The van der Waals surface area contributed by atoms with Gasteiger partial charge < -0.3 is 14.8 Å². The second kappa shape index (κ2) is 6.88. The summed E-state index contributed by atoms with van der Waals surface area (Å²) in [4.78, 5) is 11.9. The van der Waals surface area contributed by atoms with E-state index in [1.165, 1.54) is 0 Å². The number of hydrogen-bond acceptors (Lipinski definition) is 3. The largest absolute Gasteiger partial charge is 0.495 e. The minimum atomic E-state index is -0.542. The molecule has 4 nitrogen and oxygen atoms in total. The predicted molar refractivity (Wildman–Crippen MR) is 88.2 cm³/mol. The Balaban J connectivity index is 3.03. The molecule has 0 aliphatic heterocycles. The van der Waals surface area contributed by atoms with Crippen LogP contribution in [0.15, 0.2) is 10.5 Å². The Bertz CT molecular complexity index is 541. The van der Waals surface area contributed by atoms with Crippen molar-refractivity contribution >= 4 is 33.6 Å². The Morgan fingerprint density at radius 2 is 2.00 bits per heavy atom. The number of halogens is 2. The number of methoxy groups -OCH3 is 1. The van der Waals surface area contributed by atoms with Crippen LogP contribution < -0.4 is 10.1 Å². The van der Waals surface area contributed by atoms with Gasteiger partial charge in [0, 0.05) is 10.6 Å². The van der Waals surface area contributed by atoms with Crippen LogP contribution in [0, 0.1) is 6.92 Å². The van der Waals surface area contributed by atoms with E-state index in [-0.39, 0.29) is 6.04 Å². The minimum Gasteiger partial charge on any atom is -0.495 e. The topological polar surface area (TPSA) is 47.6 Å². The summed E-state index contributed by atoms with van der Waals surface area (Å²) < 4.78 is 11.5. The average molecular weight is 379 g/mol. The number of rotatable bonds is 3. The van der Waals surface area contributed by atoms with Gasteiger partial charge in [-0.15, -0.1) is 0 Å². The number of nitrogens with one attached hydrogen (secondary N) is 1. The van der Waals surface area contributed by atoms with Crippen LogP contribution in [0.2, 0.25) is 5.02 Å². The van der Waals surface area contributed by atoms with Gasteiger partial charge >= 0.3 is 6.09 Å². The fourth-order valence-corrected chi connectivity index (χ4v) is 2.73. The quantitative estimate of drug-likeness (QED) is 0.804. The molecule has 0 unspecified atom stereocenters. The first-order valence-electron chi connectivity index (χ1n) is 6.58. The lowest BCUT2D eigenvalue weighted by Gasteiger charge is -2.23. The molecule has 0 aliphatic carbocycles. The molecule has 0 aliphatic rings. The molecule has 1 amide bonds. The van der Waals surface area contributed by atoms with Gasteiger partial charge in [0.15, 0.2) is 0 Å². The molecule has 0 saturated heterocycles. The maximum absolute atomic E-state index is 11.9. The highest BCUT2D eigenvalue weighted by Gasteiger charge is 2.22. The summed E-state index contributed by atoms with van der Waals surface area (Å²) >= 11 is 9.68. The lowest BCUT2D eigenvalue weighted by atomic mass is 10.0. The first-order valence-corrected chi connectivity index (χ1v) is 7.76. The Morgan fingerprint density at radius 3 is 2.48 bits per heavy atom. The molecule has 118 valence electrons. The third kappa shape index (κ3) is 4.78. The van der Waals surface area contributed by atoms with Gasteiger partial charge in [0.1, 0.15) is 11.4 Å². The van der Waals surface area contributed by atoms with Crippen molar-refractivity contribution < 1.29 is 14.3 Å². The lowest BCUT2D eigenvalue weighted by Crippen LogP contribution is -2.34. The van der Waals surface area contributed by atoms with Gasteiger partial charge in [-0.05, 0) is 62.2 Å². The van der Waals surface area contributed by atoms with Crippen molar-refractivity contribution in [3.8, 4) is 5.75 Å². The van der Waals surface area contributed by atoms with Crippen molar-refractivity contribution in [1.82, 2.24) is 5.32 Å². The second-order valence-corrected chi connectivity index (χ2v) is 6.99. The zero-order valence-electron chi connectivity index (χ0n) is 13.1. The monoisotopic (exact) mass is 377 g/mol. The van der Waals surface area contributed by atoms with Crippen LogP contribution in [-0.2, 0) is 4.74 Å². The van der Waals surface area contributed by atoms with Crippen molar-refractivity contribution in [2.24, 2.45) is 0 Å². The first-order chi connectivity index (χ1) is 9.56. The first kappa shape index (κ1) is 18.1. The van der Waals surface area contributed by atoms with E-state index in [9.17, 15) is 4.79 Å². The molecule has 0 fully saturated rings. The number of benzene rings is 1. The summed E-state index contributed by atoms with van der Waals surface area (Å²) in [5.41, 5.74) is 1.13. The summed E-state index contributed by atoms with van der Waals surface area (Å²) in [5, 5.41) is 3.39. The average Bonchev–Trinajstić information content (AvgIpc) is 2.33. The normalized spacial score (nSPS) is 12.8. The molecule has 0 saturated carbocycles. The molecule has 0 heterocycles. The van der Waals surface area contributed by atoms with Gasteiger partial charge in [-0.25, -0.2) is 4.79 Å². The van der Waals surface area contributed by atoms with Crippen molar-refractivity contribution in [1.29, 1.82) is 0 Å². The van der Waals surface area contributed by atoms with Crippen molar-refractivity contribution in [3.05, 3.63) is 26.7 Å². The van der Waals surface area contributed by atoms with E-state index >= 15 is 0 Å². The van der Waals surface area contributed by atoms with E-state index in [2.05, 4.69) is 21.2 Å². The standard InChI is InChI=1S/C15H21BrClNO3/c1-8-11(17)7-10(13(20-6)12(8)16)9(2)18-14(19)21-15(3,4)5/h7,9H,1-6H3,(H,18,19)/t9-/m1/s1. The molecule has 0 aromatic heterocycles. The molecule has 6 heteroatoms. The van der Waals surface area contributed by atoms with E-state index in [0.29, 0.717) is 10.8 Å². The summed E-state index contributed by atoms with van der Waals surface area (Å²) in [5.74, 6) is 0.653. The van der Waals surface area contributed by atoms with Gasteiger partial charge in [-0.1, -0.05) is 11.6 Å². The zero-order chi connectivity index (χ0) is 16.4. The van der Waals surface area contributed by atoms with Crippen LogP contribution in [0.3, 0.4) is 0 Å². The Labute approximate surface area is 139 Å². The van der Waals surface area contributed by atoms with E-state index < -0.39 is 11.7 Å². The molecule has 1 atom stereocenters. The van der Waals surface area contributed by atoms with E-state index in [4.69, 9.17) is 21.1 Å². The molecule has 1 aromatic carbocycles. The van der Waals surface area contributed by atoms with Crippen LogP contribution in [0.1, 0.15) is 44.9 Å². The zero-order valence-corrected chi connectivity index (χ0v) is 15.5. The van der Waals surface area contributed by atoms with Gasteiger partial charge in [0.25, 0.3) is 0 Å². The van der Waals surface area contributed by atoms with Crippen molar-refractivity contribution in [3.63, 3.8) is 0 Å². The fraction of sp³-hybridized carbons (Fsp3) is 0.533. The molecule has 21 heavy (non-hydrogen) atoms. The van der Waals surface area contributed by atoms with Gasteiger partial charge in [0.2, 0.25) is 0 Å². The highest BCUT2D eigenvalue weighted by molar-refractivity contribution is 9.10. The summed E-state index contributed by atoms with van der Waals surface area (Å²) in [6, 6.07) is 1.49. The molecule has 1 N–H and O–H groups in total. The lowest BCUT2D eigenvalue weighted by molar-refractivity contribution is 0.0507. The molecular formula is C15H21BrClNO3. The minimum absolute atomic E-state index is 0.302. The third-order valence-corrected chi connectivity index (χ3v) is 4.18. The highest BCUT2D eigenvalue weighted by atomic mass is 79.9. The fourth-order valence-electron chi connectivity index (χ4n) is 1.80. The van der Waals surface area contributed by atoms with Gasteiger partial charge in [0.05, 0.1) is 17.6 Å². The Kier molecular flexibility index (Phi) is 5.93. The summed E-state index contributed by atoms with van der Waals surface area (Å²) in [7, 11) is 1.58. The van der Waals surface area contributed by atoms with Crippen molar-refractivity contribution in [2.45, 2.75) is 46.3 Å². The van der Waals surface area contributed by atoms with Crippen LogP contribution in [-0.4, -0.2) is 18.8 Å². The maximum atomic E-state index is 11.9. The van der Waals surface area contributed by atoms with Crippen LogP contribution in [0.25, 0.3) is 0 Å². The molecule has 1 rings (SSSR count). The van der Waals surface area contributed by atoms with E-state index in [1.807, 2.05) is 34.6 Å². The van der Waals surface area contributed by atoms with E-state index in [0.717, 1.165) is 15.6 Å². The van der Waals surface area contributed by atoms with Crippen LogP contribution in [0.5, 0.6) is 5.75 Å². The number of ether oxygens (including phenoxy) is 2. The number of amides is 1. The molecular weight excluding hydrogens is 358 g/mol. The second-order valence-electron chi connectivity index (χ2n) is 5.79. The molecule has 0 radical (unpaired) electrons. The highest BCUT2D eigenvalue weighted by Crippen LogP contribution is 2.39. The predicted octanol–water partition coefficient (Wildman–Crippen LogP) is 5.01. The number of carbonyl (C=O) groups excluding carboxylic acids is 1. The Hall–Kier alpha value is -0.940. The number of carbonyl (C=O) groups is 1. The van der Waals surface area contributed by atoms with Gasteiger partial charge in [-0.3, -0.25) is 0 Å².